The van der Waals surface area contributed by atoms with Crippen LogP contribution in [0.25, 0.3) is 0 Å². The zero-order valence-electron chi connectivity index (χ0n) is 13.3. The number of rotatable bonds is 7. The number of nitrogens with one attached hydrogen (secondary N) is 2. The molecule has 0 unspecified atom stereocenters. The van der Waals surface area contributed by atoms with Crippen molar-refractivity contribution in [2.75, 3.05) is 11.9 Å². The Morgan fingerprint density at radius 2 is 1.71 bits per heavy atom. The number of benzene rings is 2. The molecule has 0 aliphatic heterocycles. The highest BCUT2D eigenvalue weighted by molar-refractivity contribution is 5.96. The van der Waals surface area contributed by atoms with Gasteiger partial charge in [0, 0.05) is 17.3 Å². The molecule has 2 aromatic rings. The third kappa shape index (κ3) is 4.84. The van der Waals surface area contributed by atoms with E-state index in [1.807, 2.05) is 30.3 Å². The van der Waals surface area contributed by atoms with E-state index < -0.39 is 0 Å². The Kier molecular flexibility index (Phi) is 5.11. The highest BCUT2D eigenvalue weighted by Gasteiger charge is 2.23. The maximum Gasteiger partial charge on any atom is 0.251 e. The van der Waals surface area contributed by atoms with Crippen LogP contribution in [0.4, 0.5) is 5.69 Å². The van der Waals surface area contributed by atoms with E-state index in [4.69, 9.17) is 4.74 Å². The molecule has 2 amide bonds. The van der Waals surface area contributed by atoms with Crippen LogP contribution >= 0.6 is 0 Å². The van der Waals surface area contributed by atoms with Gasteiger partial charge in [0.1, 0.15) is 5.75 Å². The van der Waals surface area contributed by atoms with Crippen LogP contribution < -0.4 is 15.4 Å². The minimum Gasteiger partial charge on any atom is -0.493 e. The molecule has 1 saturated carbocycles. The first kappa shape index (κ1) is 16.1. The predicted octanol–water partition coefficient (Wildman–Crippen LogP) is 2.99. The number of hydrogen-bond donors (Lipinski definition) is 2. The van der Waals surface area contributed by atoms with Crippen LogP contribution in [0, 0.1) is 0 Å². The molecule has 1 aliphatic rings. The highest BCUT2D eigenvalue weighted by atomic mass is 16.5. The first-order valence-electron chi connectivity index (χ1n) is 8.09. The maximum absolute atomic E-state index is 11.9. The van der Waals surface area contributed by atoms with Crippen LogP contribution in [0.5, 0.6) is 5.75 Å². The molecule has 1 aliphatic carbocycles. The van der Waals surface area contributed by atoms with Crippen molar-refractivity contribution in [3.8, 4) is 5.75 Å². The normalized spacial score (nSPS) is 13.2. The molecule has 3 rings (SSSR count). The van der Waals surface area contributed by atoms with Crippen molar-refractivity contribution in [3.05, 3.63) is 60.2 Å². The quantitative estimate of drug-likeness (QED) is 0.823. The van der Waals surface area contributed by atoms with Crippen molar-refractivity contribution >= 4 is 17.5 Å². The van der Waals surface area contributed by atoms with E-state index in [0.29, 0.717) is 23.9 Å². The summed E-state index contributed by atoms with van der Waals surface area (Å²) in [6.07, 6.45) is 2.38. The maximum atomic E-state index is 11.9. The molecular formula is C19H20N2O3. The van der Waals surface area contributed by atoms with Crippen molar-refractivity contribution < 1.29 is 14.3 Å². The van der Waals surface area contributed by atoms with Crippen molar-refractivity contribution in [2.24, 2.45) is 0 Å². The fraction of sp³-hybridized carbons (Fsp3) is 0.263. The molecule has 0 spiro atoms. The van der Waals surface area contributed by atoms with Gasteiger partial charge in [-0.15, -0.1) is 0 Å². The zero-order valence-corrected chi connectivity index (χ0v) is 13.3. The van der Waals surface area contributed by atoms with Gasteiger partial charge in [0.2, 0.25) is 5.91 Å². The van der Waals surface area contributed by atoms with Crippen LogP contribution in [0.15, 0.2) is 54.6 Å². The summed E-state index contributed by atoms with van der Waals surface area (Å²) in [5.41, 5.74) is 1.27. The van der Waals surface area contributed by atoms with Crippen molar-refractivity contribution in [2.45, 2.75) is 25.3 Å². The van der Waals surface area contributed by atoms with E-state index in [9.17, 15) is 9.59 Å². The van der Waals surface area contributed by atoms with Gasteiger partial charge in [0.25, 0.3) is 5.91 Å². The van der Waals surface area contributed by atoms with Crippen LogP contribution in [0.2, 0.25) is 0 Å². The molecule has 2 aromatic carbocycles. The lowest BCUT2D eigenvalue weighted by molar-refractivity contribution is -0.116. The van der Waals surface area contributed by atoms with Gasteiger partial charge in [-0.25, -0.2) is 0 Å². The summed E-state index contributed by atoms with van der Waals surface area (Å²) in [7, 11) is 0. The monoisotopic (exact) mass is 324 g/mol. The third-order valence-electron chi connectivity index (χ3n) is 3.68. The summed E-state index contributed by atoms with van der Waals surface area (Å²) in [6.45, 7) is 0.317. The summed E-state index contributed by atoms with van der Waals surface area (Å²) in [5.74, 6) is 0.559. The van der Waals surface area contributed by atoms with Crippen molar-refractivity contribution in [1.29, 1.82) is 0 Å². The summed E-state index contributed by atoms with van der Waals surface area (Å²) < 4.78 is 5.49. The summed E-state index contributed by atoms with van der Waals surface area (Å²) in [4.78, 5) is 23.8. The molecule has 124 valence electrons. The summed E-state index contributed by atoms with van der Waals surface area (Å²) in [6, 6.07) is 16.6. The Labute approximate surface area is 141 Å². The zero-order chi connectivity index (χ0) is 16.8. The second-order valence-corrected chi connectivity index (χ2v) is 5.78. The lowest BCUT2D eigenvalue weighted by atomic mass is 10.2. The van der Waals surface area contributed by atoms with E-state index in [0.717, 1.165) is 18.6 Å². The van der Waals surface area contributed by atoms with Crippen molar-refractivity contribution in [1.82, 2.24) is 5.32 Å². The van der Waals surface area contributed by atoms with E-state index >= 15 is 0 Å². The highest BCUT2D eigenvalue weighted by Crippen LogP contribution is 2.19. The van der Waals surface area contributed by atoms with Crippen LogP contribution in [-0.2, 0) is 4.79 Å². The molecular weight excluding hydrogens is 304 g/mol. The summed E-state index contributed by atoms with van der Waals surface area (Å²) in [5, 5.41) is 5.73. The Morgan fingerprint density at radius 3 is 2.38 bits per heavy atom. The van der Waals surface area contributed by atoms with E-state index in [1.54, 1.807) is 24.3 Å². The number of carbonyl (C=O) groups excluding carboxylic acids is 2. The molecule has 0 atom stereocenters. The number of carbonyl (C=O) groups is 2. The standard InChI is InChI=1S/C19H20N2O3/c22-18(12-13-24-17-4-2-1-3-5-17)20-15-8-6-14(7-9-15)19(23)21-16-10-11-16/h1-9,16H,10-13H2,(H,20,22)(H,21,23). The van der Waals surface area contributed by atoms with Crippen molar-refractivity contribution in [3.63, 3.8) is 0 Å². The molecule has 1 fully saturated rings. The molecule has 0 heterocycles. The average Bonchev–Trinajstić information content (AvgIpc) is 3.40. The van der Waals surface area contributed by atoms with Crippen LogP contribution in [-0.4, -0.2) is 24.5 Å². The van der Waals surface area contributed by atoms with Gasteiger partial charge in [-0.2, -0.15) is 0 Å². The smallest absolute Gasteiger partial charge is 0.251 e. The lowest BCUT2D eigenvalue weighted by Gasteiger charge is -2.08. The molecule has 0 aromatic heterocycles. The first-order chi connectivity index (χ1) is 11.7. The Balaban J connectivity index is 1.43. The van der Waals surface area contributed by atoms with Gasteiger partial charge in [0.15, 0.2) is 0 Å². The van der Waals surface area contributed by atoms with Gasteiger partial charge < -0.3 is 15.4 Å². The number of hydrogen-bond acceptors (Lipinski definition) is 3. The second kappa shape index (κ2) is 7.64. The number of ether oxygens (including phenoxy) is 1. The fourth-order valence-corrected chi connectivity index (χ4v) is 2.20. The predicted molar refractivity (Wildman–Crippen MR) is 92.1 cm³/mol. The summed E-state index contributed by atoms with van der Waals surface area (Å²) >= 11 is 0. The second-order valence-electron chi connectivity index (χ2n) is 5.78. The number of amides is 2. The largest absolute Gasteiger partial charge is 0.493 e. The average molecular weight is 324 g/mol. The Bertz CT molecular complexity index is 694. The Hall–Kier alpha value is -2.82. The van der Waals surface area contributed by atoms with E-state index in [2.05, 4.69) is 10.6 Å². The van der Waals surface area contributed by atoms with Gasteiger partial charge in [-0.3, -0.25) is 9.59 Å². The molecule has 5 nitrogen and oxygen atoms in total. The Morgan fingerprint density at radius 1 is 1.00 bits per heavy atom. The van der Waals surface area contributed by atoms with Gasteiger partial charge in [0.05, 0.1) is 13.0 Å². The van der Waals surface area contributed by atoms with Crippen LogP contribution in [0.1, 0.15) is 29.6 Å². The third-order valence-corrected chi connectivity index (χ3v) is 3.68. The van der Waals surface area contributed by atoms with Gasteiger partial charge >= 0.3 is 0 Å². The molecule has 0 radical (unpaired) electrons. The van der Waals surface area contributed by atoms with Gasteiger partial charge in [-0.1, -0.05) is 18.2 Å². The van der Waals surface area contributed by atoms with Gasteiger partial charge in [-0.05, 0) is 49.2 Å². The number of para-hydroxylation sites is 1. The first-order valence-corrected chi connectivity index (χ1v) is 8.09. The molecule has 2 N–H and O–H groups in total. The number of anilines is 1. The van der Waals surface area contributed by atoms with Crippen LogP contribution in [0.3, 0.4) is 0 Å². The topological polar surface area (TPSA) is 67.4 Å². The molecule has 5 heteroatoms. The molecule has 0 saturated heterocycles. The molecule has 0 bridgehead atoms. The van der Waals surface area contributed by atoms with E-state index in [1.165, 1.54) is 0 Å². The van der Waals surface area contributed by atoms with E-state index in [-0.39, 0.29) is 18.2 Å². The minimum absolute atomic E-state index is 0.0633. The SMILES string of the molecule is O=C(CCOc1ccccc1)Nc1ccc(C(=O)NC2CC2)cc1. The minimum atomic E-state index is -0.124. The lowest BCUT2D eigenvalue weighted by Crippen LogP contribution is -2.25. The fourth-order valence-electron chi connectivity index (χ4n) is 2.20. The molecule has 24 heavy (non-hydrogen) atoms.